The molecule has 1 aliphatic rings. The van der Waals surface area contributed by atoms with Crippen LogP contribution in [0.15, 0.2) is 47.4 Å². The maximum Gasteiger partial charge on any atom is 0.340 e. The summed E-state index contributed by atoms with van der Waals surface area (Å²) in [4.78, 5) is 24.3. The van der Waals surface area contributed by atoms with E-state index in [1.165, 1.54) is 30.3 Å². The van der Waals surface area contributed by atoms with Gasteiger partial charge in [-0.1, -0.05) is 26.0 Å². The number of hydrogen-bond donors (Lipinski definition) is 2. The number of anilines is 1. The van der Waals surface area contributed by atoms with Crippen molar-refractivity contribution in [3.8, 4) is 11.5 Å². The molecule has 0 aliphatic carbocycles. The van der Waals surface area contributed by atoms with Gasteiger partial charge in [-0.25, -0.2) is 13.2 Å². The van der Waals surface area contributed by atoms with Crippen molar-refractivity contribution < 1.29 is 32.2 Å². The third-order valence-corrected chi connectivity index (χ3v) is 5.96. The van der Waals surface area contributed by atoms with Crippen LogP contribution in [0.25, 0.3) is 0 Å². The van der Waals surface area contributed by atoms with Crippen molar-refractivity contribution >= 4 is 27.6 Å². The molecule has 0 spiro atoms. The van der Waals surface area contributed by atoms with Gasteiger partial charge in [-0.15, -0.1) is 0 Å². The number of nitrogens with one attached hydrogen (secondary N) is 2. The lowest BCUT2D eigenvalue weighted by Gasteiger charge is -2.19. The van der Waals surface area contributed by atoms with Crippen molar-refractivity contribution in [3.63, 3.8) is 0 Å². The van der Waals surface area contributed by atoms with Gasteiger partial charge in [0.05, 0.1) is 16.1 Å². The zero-order valence-electron chi connectivity index (χ0n) is 17.9. The zero-order chi connectivity index (χ0) is 23.1. The first-order chi connectivity index (χ1) is 15.3. The molecule has 1 heterocycles. The Labute approximate surface area is 187 Å². The van der Waals surface area contributed by atoms with E-state index in [-0.39, 0.29) is 16.1 Å². The number of benzene rings is 2. The van der Waals surface area contributed by atoms with Crippen molar-refractivity contribution in [2.75, 3.05) is 31.1 Å². The lowest BCUT2D eigenvalue weighted by molar-refractivity contribution is -0.124. The van der Waals surface area contributed by atoms with E-state index in [4.69, 9.17) is 14.2 Å². The molecule has 32 heavy (non-hydrogen) atoms. The van der Waals surface area contributed by atoms with E-state index < -0.39 is 28.5 Å². The van der Waals surface area contributed by atoms with Crippen LogP contribution in [0.1, 0.15) is 30.6 Å². The Kier molecular flexibility index (Phi) is 7.57. The van der Waals surface area contributed by atoms with Crippen LogP contribution in [0.2, 0.25) is 0 Å². The van der Waals surface area contributed by atoms with Gasteiger partial charge in [0, 0.05) is 12.6 Å². The predicted octanol–water partition coefficient (Wildman–Crippen LogP) is 2.58. The van der Waals surface area contributed by atoms with Gasteiger partial charge in [-0.05, 0) is 36.6 Å². The molecule has 1 amide bonds. The van der Waals surface area contributed by atoms with Crippen molar-refractivity contribution in [3.05, 3.63) is 48.0 Å². The first-order valence-electron chi connectivity index (χ1n) is 10.2. The Bertz CT molecular complexity index is 1080. The van der Waals surface area contributed by atoms with Crippen LogP contribution in [0, 0.1) is 5.92 Å². The van der Waals surface area contributed by atoms with Crippen LogP contribution in [-0.2, 0) is 19.6 Å². The number of esters is 1. The summed E-state index contributed by atoms with van der Waals surface area (Å²) in [5.74, 6) is -0.00840. The molecule has 3 rings (SSSR count). The zero-order valence-corrected chi connectivity index (χ0v) is 18.7. The van der Waals surface area contributed by atoms with Crippen LogP contribution < -0.4 is 19.5 Å². The summed E-state index contributed by atoms with van der Waals surface area (Å²) in [5, 5.41) is 2.67. The van der Waals surface area contributed by atoms with Gasteiger partial charge in [-0.3, -0.25) is 9.52 Å². The summed E-state index contributed by atoms with van der Waals surface area (Å²) in [6, 6.07) is 10.3. The first kappa shape index (κ1) is 23.4. The molecule has 0 atom stereocenters. The van der Waals surface area contributed by atoms with Crippen LogP contribution in [0.5, 0.6) is 11.5 Å². The largest absolute Gasteiger partial charge is 0.486 e. The molecule has 0 saturated carbocycles. The Hall–Kier alpha value is -3.27. The van der Waals surface area contributed by atoms with E-state index in [9.17, 15) is 18.0 Å². The highest BCUT2D eigenvalue weighted by Gasteiger charge is 2.22. The standard InChI is InChI=1S/C22H26N2O7S/c1-15(2)9-10-23-21(25)14-31-22(26)17-5-3-4-6-18(17)24-32(27,28)16-7-8-19-20(13-16)30-12-11-29-19/h3-8,13,15,24H,9-12,14H2,1-2H3,(H,23,25). The lowest BCUT2D eigenvalue weighted by atomic mass is 10.1. The van der Waals surface area contributed by atoms with Crippen molar-refractivity contribution in [2.45, 2.75) is 25.2 Å². The molecule has 1 aliphatic heterocycles. The lowest BCUT2D eigenvalue weighted by Crippen LogP contribution is -2.30. The SMILES string of the molecule is CC(C)CCNC(=O)COC(=O)c1ccccc1NS(=O)(=O)c1ccc2c(c1)OCCO2. The minimum Gasteiger partial charge on any atom is -0.486 e. The average Bonchev–Trinajstić information content (AvgIpc) is 2.77. The van der Waals surface area contributed by atoms with Gasteiger partial charge in [0.1, 0.15) is 13.2 Å². The highest BCUT2D eigenvalue weighted by molar-refractivity contribution is 7.92. The fourth-order valence-electron chi connectivity index (χ4n) is 2.90. The van der Waals surface area contributed by atoms with Crippen LogP contribution in [-0.4, -0.2) is 46.7 Å². The number of rotatable bonds is 9. The van der Waals surface area contributed by atoms with E-state index in [2.05, 4.69) is 10.0 Å². The number of para-hydroxylation sites is 1. The number of carbonyl (C=O) groups excluding carboxylic acids is 2. The third kappa shape index (κ3) is 6.13. The maximum atomic E-state index is 12.9. The van der Waals surface area contributed by atoms with Crippen molar-refractivity contribution in [2.24, 2.45) is 5.92 Å². The summed E-state index contributed by atoms with van der Waals surface area (Å²) < 4.78 is 44.1. The number of ether oxygens (including phenoxy) is 3. The van der Waals surface area contributed by atoms with Gasteiger partial charge in [0.25, 0.3) is 15.9 Å². The third-order valence-electron chi connectivity index (χ3n) is 4.59. The average molecular weight is 463 g/mol. The van der Waals surface area contributed by atoms with Crippen molar-refractivity contribution in [1.82, 2.24) is 5.32 Å². The number of amides is 1. The van der Waals surface area contributed by atoms with Gasteiger partial charge < -0.3 is 19.5 Å². The highest BCUT2D eigenvalue weighted by atomic mass is 32.2. The quantitative estimate of drug-likeness (QED) is 0.550. The highest BCUT2D eigenvalue weighted by Crippen LogP contribution is 2.33. The molecule has 10 heteroatoms. The second-order valence-electron chi connectivity index (χ2n) is 7.57. The molecular weight excluding hydrogens is 436 g/mol. The molecule has 2 aromatic carbocycles. The second-order valence-corrected chi connectivity index (χ2v) is 9.25. The molecule has 2 aromatic rings. The summed E-state index contributed by atoms with van der Waals surface area (Å²) >= 11 is 0. The smallest absolute Gasteiger partial charge is 0.340 e. The Morgan fingerprint density at radius 1 is 1.06 bits per heavy atom. The molecule has 0 bridgehead atoms. The fraction of sp³-hybridized carbons (Fsp3) is 0.364. The Morgan fingerprint density at radius 2 is 1.78 bits per heavy atom. The molecule has 9 nitrogen and oxygen atoms in total. The molecule has 172 valence electrons. The molecule has 0 fully saturated rings. The molecule has 0 radical (unpaired) electrons. The van der Waals surface area contributed by atoms with E-state index in [1.807, 2.05) is 13.8 Å². The Morgan fingerprint density at radius 3 is 2.53 bits per heavy atom. The van der Waals surface area contributed by atoms with Crippen LogP contribution in [0.3, 0.4) is 0 Å². The van der Waals surface area contributed by atoms with Gasteiger partial charge >= 0.3 is 5.97 Å². The monoisotopic (exact) mass is 462 g/mol. The van der Waals surface area contributed by atoms with Gasteiger partial charge in [0.15, 0.2) is 18.1 Å². The molecule has 2 N–H and O–H groups in total. The number of hydrogen-bond acceptors (Lipinski definition) is 7. The predicted molar refractivity (Wildman–Crippen MR) is 117 cm³/mol. The van der Waals surface area contributed by atoms with E-state index in [0.29, 0.717) is 37.2 Å². The molecule has 0 saturated heterocycles. The summed E-state index contributed by atoms with van der Waals surface area (Å²) in [5.41, 5.74) is 0.0243. The topological polar surface area (TPSA) is 120 Å². The minimum absolute atomic E-state index is 0.0106. The Balaban J connectivity index is 1.68. The maximum absolute atomic E-state index is 12.9. The summed E-state index contributed by atoms with van der Waals surface area (Å²) in [7, 11) is -4.03. The van der Waals surface area contributed by atoms with Gasteiger partial charge in [0.2, 0.25) is 0 Å². The number of sulfonamides is 1. The number of carbonyl (C=O) groups is 2. The molecule has 0 unspecified atom stereocenters. The first-order valence-corrected chi connectivity index (χ1v) is 11.7. The number of fused-ring (bicyclic) bond motifs is 1. The normalized spacial score (nSPS) is 12.8. The van der Waals surface area contributed by atoms with Gasteiger partial charge in [-0.2, -0.15) is 0 Å². The molecular formula is C22H26N2O7S. The fourth-order valence-corrected chi connectivity index (χ4v) is 4.00. The molecule has 0 aromatic heterocycles. The minimum atomic E-state index is -4.03. The van der Waals surface area contributed by atoms with Crippen LogP contribution in [0.4, 0.5) is 5.69 Å². The second kappa shape index (κ2) is 10.4. The van der Waals surface area contributed by atoms with Crippen molar-refractivity contribution in [1.29, 1.82) is 0 Å². The summed E-state index contributed by atoms with van der Waals surface area (Å²) in [6.45, 7) is 4.82. The summed E-state index contributed by atoms with van der Waals surface area (Å²) in [6.07, 6.45) is 0.810. The van der Waals surface area contributed by atoms with E-state index >= 15 is 0 Å². The van der Waals surface area contributed by atoms with E-state index in [0.717, 1.165) is 6.42 Å². The van der Waals surface area contributed by atoms with E-state index in [1.54, 1.807) is 12.1 Å². The van der Waals surface area contributed by atoms with Crippen LogP contribution >= 0.6 is 0 Å².